The smallest absolute Gasteiger partial charge is 0.0491 e. The standard InChI is InChI=1S/C15H19N/c1-3-11-5-4-6-12-13-9-10(2)7-8-14(13)16-15(11)12/h4-6,10,16H,3,7-9H2,1-2H3. The van der Waals surface area contributed by atoms with Crippen molar-refractivity contribution in [3.63, 3.8) is 0 Å². The number of aryl methyl sites for hydroxylation is 2. The molecule has 1 aliphatic carbocycles. The fourth-order valence-corrected chi connectivity index (χ4v) is 2.97. The molecule has 1 atom stereocenters. The van der Waals surface area contributed by atoms with Gasteiger partial charge in [0.25, 0.3) is 0 Å². The Balaban J connectivity index is 2.25. The van der Waals surface area contributed by atoms with Crippen molar-refractivity contribution in [1.29, 1.82) is 0 Å². The van der Waals surface area contributed by atoms with Crippen molar-refractivity contribution in [1.82, 2.24) is 4.98 Å². The van der Waals surface area contributed by atoms with Crippen LogP contribution in [-0.2, 0) is 19.3 Å². The largest absolute Gasteiger partial charge is 0.358 e. The van der Waals surface area contributed by atoms with Crippen LogP contribution < -0.4 is 0 Å². The highest BCUT2D eigenvalue weighted by Crippen LogP contribution is 2.32. The molecule has 84 valence electrons. The summed E-state index contributed by atoms with van der Waals surface area (Å²) in [5, 5.41) is 1.47. The zero-order valence-electron chi connectivity index (χ0n) is 10.1. The van der Waals surface area contributed by atoms with E-state index in [0.717, 1.165) is 12.3 Å². The van der Waals surface area contributed by atoms with E-state index < -0.39 is 0 Å². The molecule has 1 aliphatic rings. The third-order valence-electron chi connectivity index (χ3n) is 3.94. The average Bonchev–Trinajstić information content (AvgIpc) is 2.67. The third kappa shape index (κ3) is 1.38. The van der Waals surface area contributed by atoms with Crippen LogP contribution in [0.4, 0.5) is 0 Å². The molecule has 1 unspecified atom stereocenters. The van der Waals surface area contributed by atoms with Crippen LogP contribution in [0.5, 0.6) is 0 Å². The van der Waals surface area contributed by atoms with Crippen LogP contribution in [0.2, 0.25) is 0 Å². The fourth-order valence-electron chi connectivity index (χ4n) is 2.97. The van der Waals surface area contributed by atoms with E-state index >= 15 is 0 Å². The second kappa shape index (κ2) is 3.65. The summed E-state index contributed by atoms with van der Waals surface area (Å²) in [6.07, 6.45) is 4.93. The molecule has 1 N–H and O–H groups in total. The molecule has 0 bridgehead atoms. The van der Waals surface area contributed by atoms with Gasteiger partial charge in [-0.15, -0.1) is 0 Å². The lowest BCUT2D eigenvalue weighted by Gasteiger charge is -2.17. The second-order valence-corrected chi connectivity index (χ2v) is 5.12. The average molecular weight is 213 g/mol. The maximum absolute atomic E-state index is 3.66. The van der Waals surface area contributed by atoms with Crippen LogP contribution in [0.15, 0.2) is 18.2 Å². The van der Waals surface area contributed by atoms with Crippen LogP contribution >= 0.6 is 0 Å². The van der Waals surface area contributed by atoms with Gasteiger partial charge in [0, 0.05) is 16.6 Å². The summed E-state index contributed by atoms with van der Waals surface area (Å²) in [5.74, 6) is 0.844. The van der Waals surface area contributed by atoms with Crippen molar-refractivity contribution in [2.45, 2.75) is 39.5 Å². The molecule has 0 aliphatic heterocycles. The Bertz CT molecular complexity index is 521. The monoisotopic (exact) mass is 213 g/mol. The number of hydrogen-bond acceptors (Lipinski definition) is 0. The predicted octanol–water partition coefficient (Wildman–Crippen LogP) is 3.86. The van der Waals surface area contributed by atoms with Crippen LogP contribution in [0.3, 0.4) is 0 Å². The minimum Gasteiger partial charge on any atom is -0.358 e. The first-order chi connectivity index (χ1) is 7.79. The summed E-state index contributed by atoms with van der Waals surface area (Å²) in [5.41, 5.74) is 5.93. The van der Waals surface area contributed by atoms with Gasteiger partial charge in [-0.2, -0.15) is 0 Å². The molecule has 1 aromatic carbocycles. The molecule has 16 heavy (non-hydrogen) atoms. The molecule has 1 nitrogen and oxygen atoms in total. The van der Waals surface area contributed by atoms with Crippen molar-refractivity contribution in [2.24, 2.45) is 5.92 Å². The summed E-state index contributed by atoms with van der Waals surface area (Å²) >= 11 is 0. The molecule has 0 saturated heterocycles. The molecular formula is C15H19N. The molecular weight excluding hydrogens is 194 g/mol. The fraction of sp³-hybridized carbons (Fsp3) is 0.467. The maximum Gasteiger partial charge on any atom is 0.0491 e. The van der Waals surface area contributed by atoms with Crippen molar-refractivity contribution in [3.8, 4) is 0 Å². The first kappa shape index (κ1) is 9.95. The Hall–Kier alpha value is -1.24. The zero-order chi connectivity index (χ0) is 11.1. The number of rotatable bonds is 1. The van der Waals surface area contributed by atoms with E-state index in [2.05, 4.69) is 37.0 Å². The minimum absolute atomic E-state index is 0.844. The molecule has 0 radical (unpaired) electrons. The molecule has 2 aromatic rings. The lowest BCUT2D eigenvalue weighted by atomic mass is 9.87. The van der Waals surface area contributed by atoms with E-state index in [1.54, 1.807) is 5.56 Å². The number of aromatic amines is 1. The summed E-state index contributed by atoms with van der Waals surface area (Å²) in [6.45, 7) is 4.60. The molecule has 0 saturated carbocycles. The molecule has 0 spiro atoms. The van der Waals surface area contributed by atoms with Gasteiger partial charge in [0.05, 0.1) is 0 Å². The molecule has 0 fully saturated rings. The van der Waals surface area contributed by atoms with E-state index in [0.29, 0.717) is 0 Å². The molecule has 1 heterocycles. The highest BCUT2D eigenvalue weighted by Gasteiger charge is 2.20. The van der Waals surface area contributed by atoms with E-state index in [-0.39, 0.29) is 0 Å². The molecule has 1 heteroatoms. The van der Waals surface area contributed by atoms with Crippen LogP contribution in [-0.4, -0.2) is 4.98 Å². The third-order valence-corrected chi connectivity index (χ3v) is 3.94. The number of benzene rings is 1. The summed E-state index contributed by atoms with van der Waals surface area (Å²) in [4.78, 5) is 3.66. The van der Waals surface area contributed by atoms with Crippen molar-refractivity contribution in [2.75, 3.05) is 0 Å². The molecule has 3 rings (SSSR count). The van der Waals surface area contributed by atoms with Crippen molar-refractivity contribution < 1.29 is 0 Å². The van der Waals surface area contributed by atoms with Crippen LogP contribution in [0.25, 0.3) is 10.9 Å². The summed E-state index contributed by atoms with van der Waals surface area (Å²) in [7, 11) is 0. The van der Waals surface area contributed by atoms with E-state index in [1.165, 1.54) is 41.4 Å². The first-order valence-electron chi connectivity index (χ1n) is 6.41. The maximum atomic E-state index is 3.66. The Kier molecular flexibility index (Phi) is 2.27. The van der Waals surface area contributed by atoms with E-state index in [1.807, 2.05) is 0 Å². The van der Waals surface area contributed by atoms with E-state index in [4.69, 9.17) is 0 Å². The Morgan fingerprint density at radius 2 is 2.25 bits per heavy atom. The van der Waals surface area contributed by atoms with Crippen molar-refractivity contribution in [3.05, 3.63) is 35.0 Å². The first-order valence-corrected chi connectivity index (χ1v) is 6.41. The summed E-state index contributed by atoms with van der Waals surface area (Å²) in [6, 6.07) is 6.73. The highest BCUT2D eigenvalue weighted by atomic mass is 14.7. The van der Waals surface area contributed by atoms with E-state index in [9.17, 15) is 0 Å². The van der Waals surface area contributed by atoms with Gasteiger partial charge >= 0.3 is 0 Å². The number of nitrogens with one attached hydrogen (secondary N) is 1. The lowest BCUT2D eigenvalue weighted by Crippen LogP contribution is -2.09. The quantitative estimate of drug-likeness (QED) is 0.740. The Morgan fingerprint density at radius 1 is 1.38 bits per heavy atom. The second-order valence-electron chi connectivity index (χ2n) is 5.12. The predicted molar refractivity (Wildman–Crippen MR) is 68.9 cm³/mol. The van der Waals surface area contributed by atoms with Gasteiger partial charge in [0.2, 0.25) is 0 Å². The van der Waals surface area contributed by atoms with Gasteiger partial charge in [0.1, 0.15) is 0 Å². The van der Waals surface area contributed by atoms with Gasteiger partial charge < -0.3 is 4.98 Å². The number of H-pyrrole nitrogens is 1. The normalized spacial score (nSPS) is 20.0. The number of aromatic nitrogens is 1. The molecule has 1 aromatic heterocycles. The van der Waals surface area contributed by atoms with Crippen LogP contribution in [0, 0.1) is 5.92 Å². The Labute approximate surface area is 96.9 Å². The van der Waals surface area contributed by atoms with Crippen LogP contribution in [0.1, 0.15) is 37.1 Å². The zero-order valence-corrected chi connectivity index (χ0v) is 10.1. The topological polar surface area (TPSA) is 15.8 Å². The summed E-state index contributed by atoms with van der Waals surface area (Å²) < 4.78 is 0. The van der Waals surface area contributed by atoms with Gasteiger partial charge in [0.15, 0.2) is 0 Å². The SMILES string of the molecule is CCc1cccc2c3c([nH]c12)CCC(C)C3. The number of hydrogen-bond donors (Lipinski definition) is 1. The van der Waals surface area contributed by atoms with Gasteiger partial charge in [-0.05, 0) is 42.7 Å². The number of para-hydroxylation sites is 1. The number of fused-ring (bicyclic) bond motifs is 3. The molecule has 0 amide bonds. The minimum atomic E-state index is 0.844. The lowest BCUT2D eigenvalue weighted by molar-refractivity contribution is 0.499. The van der Waals surface area contributed by atoms with Gasteiger partial charge in [-0.1, -0.05) is 32.0 Å². The van der Waals surface area contributed by atoms with Crippen molar-refractivity contribution >= 4 is 10.9 Å². The Morgan fingerprint density at radius 3 is 3.06 bits per heavy atom. The van der Waals surface area contributed by atoms with Gasteiger partial charge in [-0.25, -0.2) is 0 Å². The highest BCUT2D eigenvalue weighted by molar-refractivity contribution is 5.87. The van der Waals surface area contributed by atoms with Gasteiger partial charge in [-0.3, -0.25) is 0 Å².